The Balaban J connectivity index is 1.87. The van der Waals surface area contributed by atoms with Crippen molar-refractivity contribution in [2.75, 3.05) is 10.8 Å². The van der Waals surface area contributed by atoms with Crippen LogP contribution in [0.25, 0.3) is 0 Å². The van der Waals surface area contributed by atoms with Gasteiger partial charge in [0, 0.05) is 23.8 Å². The van der Waals surface area contributed by atoms with E-state index >= 15 is 0 Å². The number of hydrogen-bond acceptors (Lipinski definition) is 8. The van der Waals surface area contributed by atoms with Crippen molar-refractivity contribution in [2.24, 2.45) is 5.10 Å². The summed E-state index contributed by atoms with van der Waals surface area (Å²) < 4.78 is 27.4. The van der Waals surface area contributed by atoms with Gasteiger partial charge in [-0.05, 0) is 18.2 Å². The molecular formula is C21H17N5O7S. The topological polar surface area (TPSA) is 165 Å². The van der Waals surface area contributed by atoms with Crippen LogP contribution in [0.3, 0.4) is 0 Å². The molecule has 0 heterocycles. The molecule has 0 atom stereocenters. The largest absolute Gasteiger partial charge is 0.289 e. The Bertz CT molecular complexity index is 1360. The number of amides is 1. The third-order valence-electron chi connectivity index (χ3n) is 4.45. The Morgan fingerprint density at radius 2 is 1.62 bits per heavy atom. The Morgan fingerprint density at radius 3 is 2.29 bits per heavy atom. The molecule has 0 radical (unpaired) electrons. The maximum Gasteiger partial charge on any atom is 0.289 e. The van der Waals surface area contributed by atoms with Crippen molar-refractivity contribution in [1.29, 1.82) is 0 Å². The van der Waals surface area contributed by atoms with Gasteiger partial charge in [0.1, 0.15) is 6.54 Å². The van der Waals surface area contributed by atoms with Crippen molar-refractivity contribution >= 4 is 39.2 Å². The van der Waals surface area contributed by atoms with Crippen LogP contribution in [0, 0.1) is 20.2 Å². The molecule has 1 N–H and O–H groups in total. The van der Waals surface area contributed by atoms with E-state index in [9.17, 15) is 33.4 Å². The van der Waals surface area contributed by atoms with Crippen molar-refractivity contribution in [3.63, 3.8) is 0 Å². The normalized spacial score (nSPS) is 11.2. The van der Waals surface area contributed by atoms with Crippen LogP contribution in [0.2, 0.25) is 0 Å². The highest BCUT2D eigenvalue weighted by atomic mass is 32.2. The molecule has 3 aromatic rings. The molecule has 1 amide bonds. The number of anilines is 1. The van der Waals surface area contributed by atoms with Gasteiger partial charge in [-0.15, -0.1) is 0 Å². The first-order chi connectivity index (χ1) is 16.2. The van der Waals surface area contributed by atoms with Crippen molar-refractivity contribution in [2.45, 2.75) is 4.90 Å². The number of hydrazone groups is 1. The number of nitrogens with one attached hydrogen (secondary N) is 1. The molecule has 0 aliphatic heterocycles. The number of rotatable bonds is 9. The van der Waals surface area contributed by atoms with Gasteiger partial charge in [-0.3, -0.25) is 29.3 Å². The van der Waals surface area contributed by atoms with Gasteiger partial charge in [-0.25, -0.2) is 13.8 Å². The summed E-state index contributed by atoms with van der Waals surface area (Å²) in [4.78, 5) is 32.8. The van der Waals surface area contributed by atoms with E-state index in [2.05, 4.69) is 10.5 Å². The van der Waals surface area contributed by atoms with Gasteiger partial charge >= 0.3 is 0 Å². The van der Waals surface area contributed by atoms with Gasteiger partial charge < -0.3 is 0 Å². The minimum atomic E-state index is -4.51. The van der Waals surface area contributed by atoms with Gasteiger partial charge in [0.2, 0.25) is 0 Å². The predicted octanol–water partition coefficient (Wildman–Crippen LogP) is 2.85. The average Bonchev–Trinajstić information content (AvgIpc) is 2.83. The molecule has 0 bridgehead atoms. The van der Waals surface area contributed by atoms with E-state index in [1.807, 2.05) is 0 Å². The van der Waals surface area contributed by atoms with E-state index in [1.165, 1.54) is 48.5 Å². The summed E-state index contributed by atoms with van der Waals surface area (Å²) in [6.07, 6.45) is 1.16. The van der Waals surface area contributed by atoms with Crippen molar-refractivity contribution < 1.29 is 23.1 Å². The Hall–Kier alpha value is -4.65. The fourth-order valence-corrected chi connectivity index (χ4v) is 4.50. The molecule has 0 aromatic heterocycles. The molecule has 174 valence electrons. The molecule has 13 heteroatoms. The monoisotopic (exact) mass is 483 g/mol. The summed E-state index contributed by atoms with van der Waals surface area (Å²) in [5.74, 6) is -0.840. The quantitative estimate of drug-likeness (QED) is 0.277. The fourth-order valence-electron chi connectivity index (χ4n) is 2.92. The van der Waals surface area contributed by atoms with Crippen LogP contribution in [-0.4, -0.2) is 36.9 Å². The van der Waals surface area contributed by atoms with E-state index in [1.54, 1.807) is 18.2 Å². The second-order valence-electron chi connectivity index (χ2n) is 6.72. The zero-order chi connectivity index (χ0) is 24.7. The van der Waals surface area contributed by atoms with E-state index in [0.29, 0.717) is 5.56 Å². The number of nitro benzene ring substituents is 2. The van der Waals surface area contributed by atoms with E-state index in [0.717, 1.165) is 22.7 Å². The van der Waals surface area contributed by atoms with Crippen LogP contribution in [0.4, 0.5) is 17.1 Å². The Labute approximate surface area is 193 Å². The third kappa shape index (κ3) is 5.58. The van der Waals surface area contributed by atoms with E-state index in [4.69, 9.17) is 0 Å². The van der Waals surface area contributed by atoms with Crippen molar-refractivity contribution in [3.8, 4) is 0 Å². The van der Waals surface area contributed by atoms with Gasteiger partial charge in [-0.2, -0.15) is 5.10 Å². The molecule has 3 aromatic carbocycles. The second-order valence-corrected chi connectivity index (χ2v) is 8.55. The number of nitrogens with zero attached hydrogens (tertiary/aromatic N) is 4. The fraction of sp³-hybridized carbons (Fsp3) is 0.0476. The number of para-hydroxylation sites is 2. The minimum absolute atomic E-state index is 0.110. The number of nitro groups is 2. The highest BCUT2D eigenvalue weighted by Crippen LogP contribution is 2.29. The lowest BCUT2D eigenvalue weighted by atomic mass is 10.2. The maximum atomic E-state index is 13.3. The van der Waals surface area contributed by atoms with E-state index in [-0.39, 0.29) is 11.4 Å². The lowest BCUT2D eigenvalue weighted by Crippen LogP contribution is -2.39. The zero-order valence-corrected chi connectivity index (χ0v) is 18.2. The van der Waals surface area contributed by atoms with E-state index < -0.39 is 42.9 Å². The summed E-state index contributed by atoms with van der Waals surface area (Å²) in [5.41, 5.74) is 1.81. The first kappa shape index (κ1) is 24.0. The van der Waals surface area contributed by atoms with Crippen molar-refractivity contribution in [3.05, 3.63) is 105 Å². The molecule has 0 fully saturated rings. The highest BCUT2D eigenvalue weighted by Gasteiger charge is 2.33. The molecule has 12 nitrogen and oxygen atoms in total. The van der Waals surface area contributed by atoms with Gasteiger partial charge in [0.25, 0.3) is 27.3 Å². The maximum absolute atomic E-state index is 13.3. The van der Waals surface area contributed by atoms with Gasteiger partial charge in [-0.1, -0.05) is 42.5 Å². The molecule has 0 aliphatic carbocycles. The molecule has 3 rings (SSSR count). The average molecular weight is 483 g/mol. The Kier molecular flexibility index (Phi) is 7.28. The molecular weight excluding hydrogens is 466 g/mol. The molecule has 34 heavy (non-hydrogen) atoms. The summed E-state index contributed by atoms with van der Waals surface area (Å²) >= 11 is 0. The second kappa shape index (κ2) is 10.3. The number of carbonyl (C=O) groups is 1. The van der Waals surface area contributed by atoms with Crippen LogP contribution in [-0.2, 0) is 14.8 Å². The summed E-state index contributed by atoms with van der Waals surface area (Å²) in [6, 6.07) is 17.9. The molecule has 0 saturated carbocycles. The van der Waals surface area contributed by atoms with Crippen LogP contribution >= 0.6 is 0 Å². The summed E-state index contributed by atoms with van der Waals surface area (Å²) in [6.45, 7) is -0.731. The van der Waals surface area contributed by atoms with Gasteiger partial charge in [0.15, 0.2) is 4.90 Å². The smallest absolute Gasteiger partial charge is 0.271 e. The summed E-state index contributed by atoms with van der Waals surface area (Å²) in [5, 5.41) is 25.9. The molecule has 0 saturated heterocycles. The lowest BCUT2D eigenvalue weighted by Gasteiger charge is -2.23. The van der Waals surface area contributed by atoms with Crippen LogP contribution in [0.5, 0.6) is 0 Å². The highest BCUT2D eigenvalue weighted by molar-refractivity contribution is 7.93. The third-order valence-corrected chi connectivity index (χ3v) is 6.27. The first-order valence-electron chi connectivity index (χ1n) is 9.57. The molecule has 0 unspecified atom stereocenters. The number of carbonyl (C=O) groups excluding carboxylic acids is 1. The first-order valence-corrected chi connectivity index (χ1v) is 11.0. The van der Waals surface area contributed by atoms with Gasteiger partial charge in [0.05, 0.1) is 21.7 Å². The number of benzene rings is 3. The molecule has 0 aliphatic rings. The number of non-ortho nitro benzene ring substituents is 1. The van der Waals surface area contributed by atoms with Crippen LogP contribution < -0.4 is 9.73 Å². The summed E-state index contributed by atoms with van der Waals surface area (Å²) in [7, 11) is -4.51. The zero-order valence-electron chi connectivity index (χ0n) is 17.3. The van der Waals surface area contributed by atoms with Crippen LogP contribution in [0.15, 0.2) is 88.9 Å². The van der Waals surface area contributed by atoms with Crippen molar-refractivity contribution in [1.82, 2.24) is 5.43 Å². The molecule has 0 spiro atoms. The standard InChI is InChI=1S/C21H17N5O7S/c27-21(23-22-14-16-7-6-10-18(13-16)25(28)29)15-24(17-8-2-1-3-9-17)34(32,33)20-12-5-4-11-19(20)26(30)31/h1-14H,15H2,(H,23,27)/b22-14+. The van der Waals surface area contributed by atoms with Crippen LogP contribution in [0.1, 0.15) is 5.56 Å². The number of hydrogen-bond donors (Lipinski definition) is 1. The predicted molar refractivity (Wildman–Crippen MR) is 123 cm³/mol. The Morgan fingerprint density at radius 1 is 0.941 bits per heavy atom. The minimum Gasteiger partial charge on any atom is -0.271 e. The number of sulfonamides is 1. The lowest BCUT2D eigenvalue weighted by molar-refractivity contribution is -0.387. The SMILES string of the molecule is O=C(CN(c1ccccc1)S(=O)(=O)c1ccccc1[N+](=O)[O-])N/N=C/c1cccc([N+](=O)[O-])c1.